The van der Waals surface area contributed by atoms with E-state index in [0.29, 0.717) is 0 Å². The van der Waals surface area contributed by atoms with Gasteiger partial charge in [0, 0.05) is 6.04 Å². The molecule has 0 bridgehead atoms. The molecule has 1 heteroatoms. The number of rotatable bonds is 5. The van der Waals surface area contributed by atoms with Gasteiger partial charge in [0.15, 0.2) is 0 Å². The summed E-state index contributed by atoms with van der Waals surface area (Å²) in [6.07, 6.45) is 9.22. The first kappa shape index (κ1) is 9.44. The standard InChI is InChI=1S/C9H17N/c1-3-5-6-8-9(10)7-4-2/h4,6,8-9H,2-3,5,7,10H2,1H3/b8-6-. The SMILES string of the molecule is C=CCC(N)/C=C\CCC. The van der Waals surface area contributed by atoms with Gasteiger partial charge in [-0.25, -0.2) is 0 Å². The van der Waals surface area contributed by atoms with Crippen molar-refractivity contribution in [2.75, 3.05) is 0 Å². The fourth-order valence-electron chi connectivity index (χ4n) is 0.709. The van der Waals surface area contributed by atoms with Gasteiger partial charge in [0.2, 0.25) is 0 Å². The summed E-state index contributed by atoms with van der Waals surface area (Å²) in [5.74, 6) is 0. The van der Waals surface area contributed by atoms with Crippen molar-refractivity contribution in [1.29, 1.82) is 0 Å². The smallest absolute Gasteiger partial charge is 0.0258 e. The van der Waals surface area contributed by atoms with Gasteiger partial charge >= 0.3 is 0 Å². The van der Waals surface area contributed by atoms with Crippen LogP contribution in [0.3, 0.4) is 0 Å². The molecule has 0 rings (SSSR count). The lowest BCUT2D eigenvalue weighted by molar-refractivity contribution is 0.825. The van der Waals surface area contributed by atoms with Crippen molar-refractivity contribution >= 4 is 0 Å². The van der Waals surface area contributed by atoms with Crippen molar-refractivity contribution in [3.8, 4) is 0 Å². The van der Waals surface area contributed by atoms with E-state index in [0.717, 1.165) is 12.8 Å². The molecule has 0 aliphatic heterocycles. The molecule has 10 heavy (non-hydrogen) atoms. The van der Waals surface area contributed by atoms with Gasteiger partial charge in [-0.15, -0.1) is 6.58 Å². The molecule has 0 aliphatic carbocycles. The molecular weight excluding hydrogens is 122 g/mol. The van der Waals surface area contributed by atoms with Crippen molar-refractivity contribution in [3.05, 3.63) is 24.8 Å². The van der Waals surface area contributed by atoms with Gasteiger partial charge < -0.3 is 5.73 Å². The molecule has 0 aromatic rings. The first-order valence-electron chi connectivity index (χ1n) is 3.84. The van der Waals surface area contributed by atoms with Crippen LogP contribution in [0, 0.1) is 0 Å². The lowest BCUT2D eigenvalue weighted by Gasteiger charge is -1.99. The van der Waals surface area contributed by atoms with E-state index in [2.05, 4.69) is 19.6 Å². The summed E-state index contributed by atoms with van der Waals surface area (Å²) in [5, 5.41) is 0. The van der Waals surface area contributed by atoms with E-state index in [1.165, 1.54) is 6.42 Å². The third-order valence-electron chi connectivity index (χ3n) is 1.28. The molecule has 2 N–H and O–H groups in total. The molecule has 0 fully saturated rings. The van der Waals surface area contributed by atoms with E-state index in [4.69, 9.17) is 5.73 Å². The van der Waals surface area contributed by atoms with E-state index in [1.807, 2.05) is 12.2 Å². The minimum atomic E-state index is 0.170. The van der Waals surface area contributed by atoms with Crippen LogP contribution in [0.5, 0.6) is 0 Å². The van der Waals surface area contributed by atoms with Crippen LogP contribution in [0.15, 0.2) is 24.8 Å². The van der Waals surface area contributed by atoms with Crippen LogP contribution in [0.1, 0.15) is 26.2 Å². The zero-order valence-electron chi connectivity index (χ0n) is 6.72. The molecule has 1 atom stereocenters. The predicted molar refractivity (Wildman–Crippen MR) is 46.8 cm³/mol. The summed E-state index contributed by atoms with van der Waals surface area (Å²) < 4.78 is 0. The van der Waals surface area contributed by atoms with Gasteiger partial charge in [-0.3, -0.25) is 0 Å². The Hall–Kier alpha value is -0.560. The van der Waals surface area contributed by atoms with E-state index in [9.17, 15) is 0 Å². The normalized spacial score (nSPS) is 13.8. The van der Waals surface area contributed by atoms with Gasteiger partial charge in [-0.05, 0) is 12.8 Å². The average Bonchev–Trinajstić information content (AvgIpc) is 1.89. The molecule has 58 valence electrons. The molecule has 0 saturated heterocycles. The highest BCUT2D eigenvalue weighted by Crippen LogP contribution is 1.94. The van der Waals surface area contributed by atoms with Gasteiger partial charge in [0.05, 0.1) is 0 Å². The van der Waals surface area contributed by atoms with Crippen molar-refractivity contribution in [1.82, 2.24) is 0 Å². The molecule has 0 aromatic carbocycles. The lowest BCUT2D eigenvalue weighted by atomic mass is 10.2. The largest absolute Gasteiger partial charge is 0.324 e. The van der Waals surface area contributed by atoms with E-state index >= 15 is 0 Å². The Kier molecular flexibility index (Phi) is 6.19. The lowest BCUT2D eigenvalue weighted by Crippen LogP contribution is -2.14. The second kappa shape index (κ2) is 6.56. The molecular formula is C9H17N. The molecule has 0 amide bonds. The number of unbranched alkanes of at least 4 members (excludes halogenated alkanes) is 1. The molecule has 1 unspecified atom stereocenters. The zero-order chi connectivity index (χ0) is 7.82. The first-order valence-corrected chi connectivity index (χ1v) is 3.84. The van der Waals surface area contributed by atoms with Crippen molar-refractivity contribution in [3.63, 3.8) is 0 Å². The van der Waals surface area contributed by atoms with Crippen LogP contribution >= 0.6 is 0 Å². The summed E-state index contributed by atoms with van der Waals surface area (Å²) in [6.45, 7) is 5.77. The van der Waals surface area contributed by atoms with E-state index in [-0.39, 0.29) is 6.04 Å². The Morgan fingerprint density at radius 1 is 1.60 bits per heavy atom. The Bertz CT molecular complexity index is 105. The maximum absolute atomic E-state index is 5.67. The average molecular weight is 139 g/mol. The Balaban J connectivity index is 3.34. The quantitative estimate of drug-likeness (QED) is 0.581. The summed E-state index contributed by atoms with van der Waals surface area (Å²) in [4.78, 5) is 0. The number of allylic oxidation sites excluding steroid dienone is 1. The minimum Gasteiger partial charge on any atom is -0.324 e. The van der Waals surface area contributed by atoms with E-state index < -0.39 is 0 Å². The van der Waals surface area contributed by atoms with Gasteiger partial charge in [-0.1, -0.05) is 31.6 Å². The third-order valence-corrected chi connectivity index (χ3v) is 1.28. The van der Waals surface area contributed by atoms with Gasteiger partial charge in [0.25, 0.3) is 0 Å². The molecule has 1 nitrogen and oxygen atoms in total. The van der Waals surface area contributed by atoms with Crippen molar-refractivity contribution in [2.24, 2.45) is 5.73 Å². The molecule has 0 spiro atoms. The zero-order valence-corrected chi connectivity index (χ0v) is 6.72. The van der Waals surface area contributed by atoms with Gasteiger partial charge in [0.1, 0.15) is 0 Å². The Morgan fingerprint density at radius 3 is 2.80 bits per heavy atom. The second-order valence-electron chi connectivity index (χ2n) is 2.41. The van der Waals surface area contributed by atoms with Crippen LogP contribution in [0.2, 0.25) is 0 Å². The minimum absolute atomic E-state index is 0.170. The maximum Gasteiger partial charge on any atom is 0.0258 e. The number of hydrogen-bond donors (Lipinski definition) is 1. The van der Waals surface area contributed by atoms with Crippen molar-refractivity contribution in [2.45, 2.75) is 32.2 Å². The predicted octanol–water partition coefficient (Wildman–Crippen LogP) is 2.25. The molecule has 0 aromatic heterocycles. The summed E-state index contributed by atoms with van der Waals surface area (Å²) >= 11 is 0. The maximum atomic E-state index is 5.67. The van der Waals surface area contributed by atoms with Crippen LogP contribution in [0.4, 0.5) is 0 Å². The summed E-state index contributed by atoms with van der Waals surface area (Å²) in [7, 11) is 0. The fourth-order valence-corrected chi connectivity index (χ4v) is 0.709. The molecule has 0 aliphatic rings. The van der Waals surface area contributed by atoms with Crippen LogP contribution in [-0.4, -0.2) is 6.04 Å². The Morgan fingerprint density at radius 2 is 2.30 bits per heavy atom. The number of nitrogens with two attached hydrogens (primary N) is 1. The van der Waals surface area contributed by atoms with Crippen LogP contribution < -0.4 is 5.73 Å². The summed E-state index contributed by atoms with van der Waals surface area (Å²) in [6, 6.07) is 0.170. The second-order valence-corrected chi connectivity index (χ2v) is 2.41. The number of hydrogen-bond acceptors (Lipinski definition) is 1. The highest BCUT2D eigenvalue weighted by atomic mass is 14.6. The highest BCUT2D eigenvalue weighted by molar-refractivity contribution is 4.94. The summed E-state index contributed by atoms with van der Waals surface area (Å²) in [5.41, 5.74) is 5.67. The van der Waals surface area contributed by atoms with Crippen LogP contribution in [0.25, 0.3) is 0 Å². The first-order chi connectivity index (χ1) is 4.81. The van der Waals surface area contributed by atoms with Crippen molar-refractivity contribution < 1.29 is 0 Å². The highest BCUT2D eigenvalue weighted by Gasteiger charge is 1.89. The molecule has 0 saturated carbocycles. The van der Waals surface area contributed by atoms with Crippen LogP contribution in [-0.2, 0) is 0 Å². The molecule has 0 radical (unpaired) electrons. The molecule has 0 heterocycles. The monoisotopic (exact) mass is 139 g/mol. The third kappa shape index (κ3) is 5.57. The topological polar surface area (TPSA) is 26.0 Å². The van der Waals surface area contributed by atoms with E-state index in [1.54, 1.807) is 0 Å². The fraction of sp³-hybridized carbons (Fsp3) is 0.556. The van der Waals surface area contributed by atoms with Gasteiger partial charge in [-0.2, -0.15) is 0 Å². The Labute approximate surface area is 63.6 Å².